The maximum absolute atomic E-state index is 12.6. The van der Waals surface area contributed by atoms with Crippen LogP contribution in [0.25, 0.3) is 0 Å². The lowest BCUT2D eigenvalue weighted by Gasteiger charge is -2.30. The van der Waals surface area contributed by atoms with E-state index in [9.17, 15) is 4.79 Å². The van der Waals surface area contributed by atoms with Gasteiger partial charge in [0, 0.05) is 18.0 Å². The van der Waals surface area contributed by atoms with Crippen LogP contribution in [0.15, 0.2) is 77.7 Å². The molecular formula is C22H21ClN4OS. The Kier molecular flexibility index (Phi) is 5.94. The Bertz CT molecular complexity index is 1010. The van der Waals surface area contributed by atoms with Gasteiger partial charge in [0.1, 0.15) is 0 Å². The summed E-state index contributed by atoms with van der Waals surface area (Å²) < 4.78 is 0. The van der Waals surface area contributed by atoms with E-state index in [1.807, 2.05) is 77.7 Å². The highest BCUT2D eigenvalue weighted by Crippen LogP contribution is 2.49. The lowest BCUT2D eigenvalue weighted by atomic mass is 10.1. The molecule has 3 aromatic carbocycles. The number of nitrogens with two attached hydrogens (primary N) is 1. The second kappa shape index (κ2) is 8.78. The minimum atomic E-state index is -0.339. The van der Waals surface area contributed by atoms with E-state index in [0.717, 1.165) is 27.4 Å². The van der Waals surface area contributed by atoms with Gasteiger partial charge in [-0.25, -0.2) is 4.79 Å². The predicted molar refractivity (Wildman–Crippen MR) is 119 cm³/mol. The van der Waals surface area contributed by atoms with Crippen molar-refractivity contribution in [3.63, 3.8) is 0 Å². The zero-order valence-electron chi connectivity index (χ0n) is 15.6. The number of carbonyl (C=O) groups is 1. The Morgan fingerprint density at radius 3 is 2.59 bits per heavy atom. The number of hydrogen-bond acceptors (Lipinski definition) is 4. The highest BCUT2D eigenvalue weighted by atomic mass is 35.5. The van der Waals surface area contributed by atoms with Crippen molar-refractivity contribution in [3.8, 4) is 0 Å². The van der Waals surface area contributed by atoms with Gasteiger partial charge in [-0.3, -0.25) is 0 Å². The zero-order valence-corrected chi connectivity index (χ0v) is 17.2. The third-order valence-electron chi connectivity index (χ3n) is 4.68. The molecule has 1 atom stereocenters. The van der Waals surface area contributed by atoms with Crippen LogP contribution in [-0.4, -0.2) is 11.5 Å². The predicted octanol–water partition coefficient (Wildman–Crippen LogP) is 4.83. The van der Waals surface area contributed by atoms with Crippen molar-refractivity contribution in [3.05, 3.63) is 88.9 Å². The number of nitrogens with one attached hydrogen (secondary N) is 2. The van der Waals surface area contributed by atoms with Gasteiger partial charge in [-0.1, -0.05) is 78.0 Å². The molecule has 2 amide bonds. The molecule has 4 rings (SSSR count). The summed E-state index contributed by atoms with van der Waals surface area (Å²) in [5.74, 6) is 0. The van der Waals surface area contributed by atoms with Gasteiger partial charge in [-0.15, -0.1) is 0 Å². The number of nitrogens with zero attached hydrogens (tertiary/aromatic N) is 1. The summed E-state index contributed by atoms with van der Waals surface area (Å²) in [6, 6.07) is 23.3. The number of hydrogen-bond donors (Lipinski definition) is 3. The number of anilines is 2. The summed E-state index contributed by atoms with van der Waals surface area (Å²) in [6.07, 6.45) is 0. The van der Waals surface area contributed by atoms with Crippen LogP contribution in [0.1, 0.15) is 11.1 Å². The van der Waals surface area contributed by atoms with E-state index in [1.165, 1.54) is 0 Å². The largest absolute Gasteiger partial charge is 0.334 e. The summed E-state index contributed by atoms with van der Waals surface area (Å²) in [7, 11) is 0. The molecule has 1 aliphatic heterocycles. The Hall–Kier alpha value is -2.67. The van der Waals surface area contributed by atoms with Gasteiger partial charge in [-0.05, 0) is 29.3 Å². The van der Waals surface area contributed by atoms with Crippen molar-refractivity contribution in [1.29, 1.82) is 0 Å². The molecule has 0 aliphatic carbocycles. The van der Waals surface area contributed by atoms with Gasteiger partial charge in [0.05, 0.1) is 16.4 Å². The molecule has 0 saturated carbocycles. The van der Waals surface area contributed by atoms with Crippen molar-refractivity contribution in [2.24, 2.45) is 5.73 Å². The van der Waals surface area contributed by atoms with E-state index in [-0.39, 0.29) is 11.5 Å². The van der Waals surface area contributed by atoms with Gasteiger partial charge in [0.25, 0.3) is 0 Å². The topological polar surface area (TPSA) is 70.4 Å². The van der Waals surface area contributed by atoms with Crippen molar-refractivity contribution in [1.82, 2.24) is 10.6 Å². The molecule has 0 bridgehead atoms. The molecule has 0 aromatic heterocycles. The van der Waals surface area contributed by atoms with Gasteiger partial charge >= 0.3 is 6.03 Å². The Morgan fingerprint density at radius 1 is 1.03 bits per heavy atom. The van der Waals surface area contributed by atoms with Crippen molar-refractivity contribution in [2.75, 3.05) is 4.90 Å². The van der Waals surface area contributed by atoms with Gasteiger partial charge in [-0.2, -0.15) is 0 Å². The van der Waals surface area contributed by atoms with Gasteiger partial charge < -0.3 is 21.3 Å². The van der Waals surface area contributed by atoms with E-state index in [0.29, 0.717) is 18.1 Å². The van der Waals surface area contributed by atoms with E-state index in [4.69, 9.17) is 17.3 Å². The highest BCUT2D eigenvalue weighted by molar-refractivity contribution is 8.00. The summed E-state index contributed by atoms with van der Waals surface area (Å²) >= 11 is 8.13. The first-order chi connectivity index (χ1) is 14.2. The molecule has 0 fully saturated rings. The van der Waals surface area contributed by atoms with Crippen LogP contribution in [0, 0.1) is 0 Å². The second-order valence-electron chi connectivity index (χ2n) is 6.57. The number of amides is 2. The fourth-order valence-corrected chi connectivity index (χ4v) is 4.78. The monoisotopic (exact) mass is 424 g/mol. The molecule has 7 heteroatoms. The third-order valence-corrected chi connectivity index (χ3v) is 6.14. The molecule has 3 aromatic rings. The number of urea groups is 1. The zero-order chi connectivity index (χ0) is 20.2. The number of carbonyl (C=O) groups excluding carboxylic acids is 1. The minimum absolute atomic E-state index is 0.245. The molecule has 0 saturated heterocycles. The molecule has 1 heterocycles. The number of thioether (sulfide) groups is 1. The summed E-state index contributed by atoms with van der Waals surface area (Å²) in [4.78, 5) is 15.7. The third kappa shape index (κ3) is 4.19. The molecule has 148 valence electrons. The Balaban J connectivity index is 1.59. The number of benzene rings is 3. The van der Waals surface area contributed by atoms with E-state index >= 15 is 0 Å². The molecule has 0 radical (unpaired) electrons. The normalized spacial score (nSPS) is 15.1. The number of para-hydroxylation sites is 2. The molecule has 5 nitrogen and oxygen atoms in total. The number of rotatable bonds is 5. The number of halogens is 1. The van der Waals surface area contributed by atoms with Crippen LogP contribution in [-0.2, 0) is 13.1 Å². The standard InChI is InChI=1S/C22H21ClN4OS/c23-17-10-6-9-16(13-24)20(17)27-18-11-4-5-12-19(18)29-22(27)26-21(28)25-14-15-7-2-1-3-8-15/h1-12,22H,13-14,24H2,(H2,25,26,28). The Morgan fingerprint density at radius 2 is 1.79 bits per heavy atom. The van der Waals surface area contributed by atoms with Gasteiger partial charge in [0.2, 0.25) is 0 Å². The highest BCUT2D eigenvalue weighted by Gasteiger charge is 2.34. The summed E-state index contributed by atoms with van der Waals surface area (Å²) in [6.45, 7) is 0.809. The average Bonchev–Trinajstić information content (AvgIpc) is 3.10. The quantitative estimate of drug-likeness (QED) is 0.548. The lowest BCUT2D eigenvalue weighted by molar-refractivity contribution is 0.240. The maximum Gasteiger partial charge on any atom is 0.317 e. The van der Waals surface area contributed by atoms with Crippen molar-refractivity contribution in [2.45, 2.75) is 23.5 Å². The molecule has 29 heavy (non-hydrogen) atoms. The van der Waals surface area contributed by atoms with Crippen molar-refractivity contribution >= 4 is 40.8 Å². The van der Waals surface area contributed by atoms with E-state index in [1.54, 1.807) is 11.8 Å². The first-order valence-electron chi connectivity index (χ1n) is 9.28. The summed E-state index contributed by atoms with van der Waals surface area (Å²) in [5.41, 5.74) is 9.41. The van der Waals surface area contributed by atoms with Gasteiger partial charge in [0.15, 0.2) is 5.50 Å². The van der Waals surface area contributed by atoms with Crippen LogP contribution >= 0.6 is 23.4 Å². The van der Waals surface area contributed by atoms with E-state index in [2.05, 4.69) is 10.6 Å². The van der Waals surface area contributed by atoms with E-state index < -0.39 is 0 Å². The smallest absolute Gasteiger partial charge is 0.317 e. The van der Waals surface area contributed by atoms with Crippen LogP contribution in [0.5, 0.6) is 0 Å². The van der Waals surface area contributed by atoms with Crippen LogP contribution in [0.4, 0.5) is 16.2 Å². The van der Waals surface area contributed by atoms with Crippen LogP contribution < -0.4 is 21.3 Å². The molecular weight excluding hydrogens is 404 g/mol. The maximum atomic E-state index is 12.6. The fourth-order valence-electron chi connectivity index (χ4n) is 3.32. The minimum Gasteiger partial charge on any atom is -0.334 e. The second-order valence-corrected chi connectivity index (χ2v) is 8.10. The SMILES string of the molecule is NCc1cccc(Cl)c1N1c2ccccc2SC1NC(=O)NCc1ccccc1. The molecule has 1 unspecified atom stereocenters. The summed E-state index contributed by atoms with van der Waals surface area (Å²) in [5, 5.41) is 6.58. The molecule has 4 N–H and O–H groups in total. The van der Waals surface area contributed by atoms with Crippen LogP contribution in [0.3, 0.4) is 0 Å². The first kappa shape index (κ1) is 19.6. The van der Waals surface area contributed by atoms with Crippen LogP contribution in [0.2, 0.25) is 5.02 Å². The number of fused-ring (bicyclic) bond motifs is 1. The lowest BCUT2D eigenvalue weighted by Crippen LogP contribution is -2.46. The van der Waals surface area contributed by atoms with Crippen molar-refractivity contribution < 1.29 is 4.79 Å². The average molecular weight is 425 g/mol. The Labute approximate surface area is 179 Å². The first-order valence-corrected chi connectivity index (χ1v) is 10.5. The molecule has 1 aliphatic rings. The fraction of sp³-hybridized carbons (Fsp3) is 0.136. The molecule has 0 spiro atoms.